The predicted octanol–water partition coefficient (Wildman–Crippen LogP) is 4.39. The minimum absolute atomic E-state index is 0.0722. The van der Waals surface area contributed by atoms with Gasteiger partial charge in [0.05, 0.1) is 16.3 Å². The molecule has 0 heterocycles. The molecule has 1 aromatic carbocycles. The zero-order chi connectivity index (χ0) is 14.1. The summed E-state index contributed by atoms with van der Waals surface area (Å²) >= 11 is 5.77. The second-order valence-corrected chi connectivity index (χ2v) is 5.29. The highest BCUT2D eigenvalue weighted by atomic mass is 35.5. The quantitative estimate of drug-likeness (QED) is 0.600. The summed E-state index contributed by atoms with van der Waals surface area (Å²) in [5, 5.41) is -0.0722. The summed E-state index contributed by atoms with van der Waals surface area (Å²) in [5.41, 5.74) is 3.94. The van der Waals surface area contributed by atoms with E-state index in [1.807, 2.05) is 0 Å². The molecule has 0 bridgehead atoms. The predicted molar refractivity (Wildman–Crippen MR) is 67.2 cm³/mol. The Hall–Kier alpha value is -1.23. The molecule has 1 aromatic rings. The van der Waals surface area contributed by atoms with Gasteiger partial charge in [0.1, 0.15) is 5.84 Å². The lowest BCUT2D eigenvalue weighted by atomic mass is 9.95. The minimum Gasteiger partial charge on any atom is -0.387 e. The number of rotatable bonds is 1. The van der Waals surface area contributed by atoms with Gasteiger partial charge in [0.15, 0.2) is 0 Å². The molecule has 18 heavy (non-hydrogen) atoms. The Morgan fingerprint density at radius 1 is 1.22 bits per heavy atom. The van der Waals surface area contributed by atoms with Crippen molar-refractivity contribution in [3.63, 3.8) is 0 Å². The van der Waals surface area contributed by atoms with E-state index in [1.54, 1.807) is 20.8 Å². The fraction of sp³-hybridized carbons (Fsp3) is 0.417. The molecule has 0 unspecified atom stereocenters. The number of nitrogens with zero attached hydrogens (tertiary/aromatic N) is 1. The zero-order valence-corrected chi connectivity index (χ0v) is 11.0. The number of halogens is 4. The van der Waals surface area contributed by atoms with Crippen LogP contribution in [0.4, 0.5) is 18.9 Å². The summed E-state index contributed by atoms with van der Waals surface area (Å²) < 4.78 is 38.4. The lowest BCUT2D eigenvalue weighted by Gasteiger charge is -2.19. The monoisotopic (exact) mass is 278 g/mol. The Bertz CT molecular complexity index is 473. The van der Waals surface area contributed by atoms with E-state index in [0.29, 0.717) is 0 Å². The van der Waals surface area contributed by atoms with Crippen LogP contribution in [0.1, 0.15) is 26.3 Å². The van der Waals surface area contributed by atoms with Gasteiger partial charge in [-0.2, -0.15) is 13.2 Å². The number of amidine groups is 1. The molecule has 0 aliphatic carbocycles. The van der Waals surface area contributed by atoms with Crippen LogP contribution in [-0.4, -0.2) is 5.84 Å². The highest BCUT2D eigenvalue weighted by Gasteiger charge is 2.34. The molecule has 6 heteroatoms. The van der Waals surface area contributed by atoms with Crippen molar-refractivity contribution >= 4 is 23.1 Å². The van der Waals surface area contributed by atoms with Crippen LogP contribution in [-0.2, 0) is 6.18 Å². The average molecular weight is 279 g/mol. The van der Waals surface area contributed by atoms with Gasteiger partial charge in [-0.15, -0.1) is 0 Å². The second kappa shape index (κ2) is 4.80. The van der Waals surface area contributed by atoms with E-state index in [0.717, 1.165) is 6.07 Å². The van der Waals surface area contributed by atoms with E-state index >= 15 is 0 Å². The van der Waals surface area contributed by atoms with Gasteiger partial charge in [-0.05, 0) is 12.1 Å². The fourth-order valence-electron chi connectivity index (χ4n) is 1.15. The lowest BCUT2D eigenvalue weighted by molar-refractivity contribution is -0.137. The molecule has 0 saturated carbocycles. The summed E-state index contributed by atoms with van der Waals surface area (Å²) in [7, 11) is 0. The van der Waals surface area contributed by atoms with Crippen LogP contribution in [0, 0.1) is 5.41 Å². The number of nitrogens with two attached hydrogens (primary N) is 1. The van der Waals surface area contributed by atoms with Gasteiger partial charge < -0.3 is 5.73 Å². The Balaban J connectivity index is 3.42. The van der Waals surface area contributed by atoms with E-state index in [4.69, 9.17) is 17.3 Å². The van der Waals surface area contributed by atoms with Crippen molar-refractivity contribution < 1.29 is 13.2 Å². The Kier molecular flexibility index (Phi) is 3.96. The van der Waals surface area contributed by atoms with E-state index in [9.17, 15) is 13.2 Å². The SMILES string of the molecule is CC(C)(C)C(N)=Nc1c(Cl)cccc1C(F)(F)F. The average Bonchev–Trinajstić information content (AvgIpc) is 2.17. The largest absolute Gasteiger partial charge is 0.418 e. The molecule has 2 nitrogen and oxygen atoms in total. The minimum atomic E-state index is -4.51. The highest BCUT2D eigenvalue weighted by Crippen LogP contribution is 2.40. The first-order valence-corrected chi connectivity index (χ1v) is 5.61. The molecule has 1 rings (SSSR count). The summed E-state index contributed by atoms with van der Waals surface area (Å²) in [6.07, 6.45) is -4.51. The third-order valence-corrected chi connectivity index (χ3v) is 2.60. The summed E-state index contributed by atoms with van der Waals surface area (Å²) in [5.74, 6) is 0.0982. The number of hydrogen-bond donors (Lipinski definition) is 1. The van der Waals surface area contributed by atoms with E-state index in [-0.39, 0.29) is 16.5 Å². The topological polar surface area (TPSA) is 38.4 Å². The van der Waals surface area contributed by atoms with E-state index in [1.165, 1.54) is 12.1 Å². The third-order valence-electron chi connectivity index (χ3n) is 2.29. The normalized spacial score (nSPS) is 13.8. The van der Waals surface area contributed by atoms with Crippen LogP contribution in [0.2, 0.25) is 5.02 Å². The third kappa shape index (κ3) is 3.38. The van der Waals surface area contributed by atoms with Gasteiger partial charge in [-0.1, -0.05) is 38.4 Å². The molecule has 100 valence electrons. The molecule has 0 amide bonds. The van der Waals surface area contributed by atoms with E-state index < -0.39 is 17.2 Å². The smallest absolute Gasteiger partial charge is 0.387 e. The molecule has 0 spiro atoms. The first-order chi connectivity index (χ1) is 8.03. The molecule has 2 N–H and O–H groups in total. The van der Waals surface area contributed by atoms with Crippen LogP contribution in [0.3, 0.4) is 0 Å². The van der Waals surface area contributed by atoms with Crippen LogP contribution >= 0.6 is 11.6 Å². The van der Waals surface area contributed by atoms with Gasteiger partial charge in [-0.25, -0.2) is 4.99 Å². The Morgan fingerprint density at radius 3 is 2.22 bits per heavy atom. The van der Waals surface area contributed by atoms with Crippen molar-refractivity contribution in [3.05, 3.63) is 28.8 Å². The van der Waals surface area contributed by atoms with Crippen molar-refractivity contribution in [1.29, 1.82) is 0 Å². The molecule has 0 fully saturated rings. The number of para-hydroxylation sites is 1. The number of aliphatic imine (C=N–C) groups is 1. The maximum absolute atomic E-state index is 12.8. The van der Waals surface area contributed by atoms with Crippen molar-refractivity contribution in [2.45, 2.75) is 26.9 Å². The molecule has 0 saturated heterocycles. The molecular weight excluding hydrogens is 265 g/mol. The van der Waals surface area contributed by atoms with Crippen molar-refractivity contribution in [3.8, 4) is 0 Å². The maximum Gasteiger partial charge on any atom is 0.418 e. The fourth-order valence-corrected chi connectivity index (χ4v) is 1.36. The highest BCUT2D eigenvalue weighted by molar-refractivity contribution is 6.33. The molecule has 0 aliphatic heterocycles. The van der Waals surface area contributed by atoms with Gasteiger partial charge in [0.2, 0.25) is 0 Å². The molecule has 0 aliphatic rings. The lowest BCUT2D eigenvalue weighted by Crippen LogP contribution is -2.28. The summed E-state index contributed by atoms with van der Waals surface area (Å²) in [6.45, 7) is 5.28. The molecular formula is C12H14ClF3N2. The first kappa shape index (κ1) is 14.8. The van der Waals surface area contributed by atoms with Gasteiger partial charge in [0.25, 0.3) is 0 Å². The van der Waals surface area contributed by atoms with Crippen molar-refractivity contribution in [1.82, 2.24) is 0 Å². The van der Waals surface area contributed by atoms with Crippen LogP contribution in [0.15, 0.2) is 23.2 Å². The first-order valence-electron chi connectivity index (χ1n) is 5.24. The van der Waals surface area contributed by atoms with Crippen LogP contribution < -0.4 is 5.73 Å². The van der Waals surface area contributed by atoms with E-state index in [2.05, 4.69) is 4.99 Å². The summed E-state index contributed by atoms with van der Waals surface area (Å²) in [6, 6.07) is 3.52. The second-order valence-electron chi connectivity index (χ2n) is 4.88. The van der Waals surface area contributed by atoms with Crippen LogP contribution in [0.5, 0.6) is 0 Å². The zero-order valence-electron chi connectivity index (χ0n) is 10.3. The number of alkyl halides is 3. The van der Waals surface area contributed by atoms with Crippen molar-refractivity contribution in [2.24, 2.45) is 16.1 Å². The molecule has 0 radical (unpaired) electrons. The maximum atomic E-state index is 12.8. The Morgan fingerprint density at radius 2 is 1.78 bits per heavy atom. The molecule has 0 atom stereocenters. The van der Waals surface area contributed by atoms with Gasteiger partial charge >= 0.3 is 6.18 Å². The standard InChI is InChI=1S/C12H14ClF3N2/c1-11(2,3)10(17)18-9-7(12(14,15)16)5-4-6-8(9)13/h4-6H,1-3H3,(H2,17,18). The number of hydrogen-bond acceptors (Lipinski definition) is 1. The van der Waals surface area contributed by atoms with Crippen LogP contribution in [0.25, 0.3) is 0 Å². The Labute approximate surface area is 109 Å². The van der Waals surface area contributed by atoms with Gasteiger partial charge in [0, 0.05) is 5.41 Å². The summed E-state index contributed by atoms with van der Waals surface area (Å²) in [4.78, 5) is 3.84. The van der Waals surface area contributed by atoms with Gasteiger partial charge in [-0.3, -0.25) is 0 Å². The number of benzene rings is 1. The molecule has 0 aromatic heterocycles. The van der Waals surface area contributed by atoms with Crippen molar-refractivity contribution in [2.75, 3.05) is 0 Å².